The first-order valence-corrected chi connectivity index (χ1v) is 11.5. The van der Waals surface area contributed by atoms with Crippen molar-refractivity contribution in [2.24, 2.45) is 0 Å². The summed E-state index contributed by atoms with van der Waals surface area (Å²) in [6, 6.07) is 28.5. The molecule has 0 fully saturated rings. The van der Waals surface area contributed by atoms with Gasteiger partial charge in [0.1, 0.15) is 6.17 Å². The molecule has 0 unspecified atom stereocenters. The summed E-state index contributed by atoms with van der Waals surface area (Å²) in [6.45, 7) is 0.961. The maximum atomic E-state index is 13.8. The third-order valence-corrected chi connectivity index (χ3v) is 6.68. The summed E-state index contributed by atoms with van der Waals surface area (Å²) < 4.78 is 0. The number of amides is 1. The zero-order valence-electron chi connectivity index (χ0n) is 17.7. The molecule has 5 rings (SSSR count). The maximum Gasteiger partial charge on any atom is 0.270 e. The Bertz CT molecular complexity index is 1280. The van der Waals surface area contributed by atoms with Gasteiger partial charge in [-0.3, -0.25) is 14.9 Å². The van der Waals surface area contributed by atoms with Gasteiger partial charge in [0.25, 0.3) is 11.6 Å². The Morgan fingerprint density at radius 3 is 2.03 bits per heavy atom. The standard InChI is InChI=1S/C26H21N3O3S/c30-26-22-16-21(29(31)32)13-14-23(22)27(17-19-8-3-1-4-9-19)25(24-12-7-15-33-24)28(26)18-20-10-5-2-6-11-20/h1-16,25H,17-18H2/t25-/m1/s1. The topological polar surface area (TPSA) is 66.7 Å². The van der Waals surface area contributed by atoms with Gasteiger partial charge in [-0.05, 0) is 28.6 Å². The van der Waals surface area contributed by atoms with E-state index in [1.54, 1.807) is 17.4 Å². The van der Waals surface area contributed by atoms with Crippen molar-refractivity contribution in [3.63, 3.8) is 0 Å². The molecule has 0 radical (unpaired) electrons. The van der Waals surface area contributed by atoms with Gasteiger partial charge in [0.05, 0.1) is 16.2 Å². The van der Waals surface area contributed by atoms with Crippen molar-refractivity contribution < 1.29 is 9.72 Å². The monoisotopic (exact) mass is 455 g/mol. The summed E-state index contributed by atoms with van der Waals surface area (Å²) >= 11 is 1.60. The molecule has 0 saturated heterocycles. The van der Waals surface area contributed by atoms with Gasteiger partial charge < -0.3 is 9.80 Å². The van der Waals surface area contributed by atoms with E-state index in [-0.39, 0.29) is 17.8 Å². The first-order valence-electron chi connectivity index (χ1n) is 10.6. The van der Waals surface area contributed by atoms with Gasteiger partial charge in [0.2, 0.25) is 0 Å². The first-order chi connectivity index (χ1) is 16.1. The highest BCUT2D eigenvalue weighted by Crippen LogP contribution is 2.43. The van der Waals surface area contributed by atoms with Crippen molar-refractivity contribution in [2.75, 3.05) is 4.90 Å². The number of hydrogen-bond donors (Lipinski definition) is 0. The molecule has 2 heterocycles. The minimum atomic E-state index is -0.456. The quantitative estimate of drug-likeness (QED) is 0.263. The number of non-ortho nitro benzene ring substituents is 1. The summed E-state index contributed by atoms with van der Waals surface area (Å²) in [7, 11) is 0. The van der Waals surface area contributed by atoms with E-state index in [1.165, 1.54) is 12.1 Å². The molecular formula is C26H21N3O3S. The van der Waals surface area contributed by atoms with Gasteiger partial charge in [0, 0.05) is 30.1 Å². The van der Waals surface area contributed by atoms with E-state index in [1.807, 2.05) is 70.9 Å². The van der Waals surface area contributed by atoms with Crippen molar-refractivity contribution in [1.82, 2.24) is 4.90 Å². The van der Waals surface area contributed by atoms with Crippen LogP contribution in [0.25, 0.3) is 0 Å². The lowest BCUT2D eigenvalue weighted by Crippen LogP contribution is -2.48. The van der Waals surface area contributed by atoms with Gasteiger partial charge in [-0.1, -0.05) is 66.7 Å². The van der Waals surface area contributed by atoms with E-state index in [9.17, 15) is 14.9 Å². The summed E-state index contributed by atoms with van der Waals surface area (Å²) in [6.07, 6.45) is -0.327. The number of benzene rings is 3. The van der Waals surface area contributed by atoms with Crippen LogP contribution in [0.1, 0.15) is 32.5 Å². The molecule has 164 valence electrons. The first kappa shape index (κ1) is 20.9. The van der Waals surface area contributed by atoms with Gasteiger partial charge >= 0.3 is 0 Å². The molecule has 7 heteroatoms. The van der Waals surface area contributed by atoms with Crippen LogP contribution in [0.15, 0.2) is 96.4 Å². The normalized spacial score (nSPS) is 15.4. The summed E-state index contributed by atoms with van der Waals surface area (Å²) in [5, 5.41) is 13.5. The van der Waals surface area contributed by atoms with Gasteiger partial charge in [-0.25, -0.2) is 0 Å². The molecule has 1 amide bonds. The highest BCUT2D eigenvalue weighted by molar-refractivity contribution is 7.10. The second-order valence-electron chi connectivity index (χ2n) is 7.88. The molecule has 33 heavy (non-hydrogen) atoms. The van der Waals surface area contributed by atoms with Gasteiger partial charge in [-0.15, -0.1) is 11.3 Å². The zero-order chi connectivity index (χ0) is 22.8. The number of hydrogen-bond acceptors (Lipinski definition) is 5. The number of carbonyl (C=O) groups is 1. The molecule has 0 saturated carbocycles. The maximum absolute atomic E-state index is 13.8. The number of anilines is 1. The van der Waals surface area contributed by atoms with Crippen LogP contribution < -0.4 is 4.90 Å². The van der Waals surface area contributed by atoms with Crippen LogP contribution >= 0.6 is 11.3 Å². The van der Waals surface area contributed by atoms with Crippen LogP contribution in [0.3, 0.4) is 0 Å². The smallest absolute Gasteiger partial charge is 0.270 e. The number of nitrogens with zero attached hydrogens (tertiary/aromatic N) is 3. The van der Waals surface area contributed by atoms with E-state index in [0.717, 1.165) is 16.0 Å². The molecule has 0 spiro atoms. The highest BCUT2D eigenvalue weighted by Gasteiger charge is 2.40. The Labute approximate surface area is 195 Å². The van der Waals surface area contributed by atoms with Crippen LogP contribution in [0.5, 0.6) is 0 Å². The Morgan fingerprint density at radius 1 is 0.818 bits per heavy atom. The Morgan fingerprint density at radius 2 is 1.45 bits per heavy atom. The lowest BCUT2D eigenvalue weighted by Gasteiger charge is -2.45. The van der Waals surface area contributed by atoms with Crippen LogP contribution in [-0.4, -0.2) is 15.7 Å². The fourth-order valence-corrected chi connectivity index (χ4v) is 5.11. The number of rotatable bonds is 6. The van der Waals surface area contributed by atoms with Gasteiger partial charge in [-0.2, -0.15) is 0 Å². The zero-order valence-corrected chi connectivity index (χ0v) is 18.5. The summed E-state index contributed by atoms with van der Waals surface area (Å²) in [4.78, 5) is 29.8. The molecular weight excluding hydrogens is 434 g/mol. The Balaban J connectivity index is 1.67. The van der Waals surface area contributed by atoms with Crippen molar-refractivity contribution in [1.29, 1.82) is 0 Å². The second kappa shape index (κ2) is 8.88. The molecule has 4 aromatic rings. The largest absolute Gasteiger partial charge is 0.342 e. The van der Waals surface area contributed by atoms with Crippen molar-refractivity contribution in [3.8, 4) is 0 Å². The molecule has 1 aliphatic rings. The molecule has 0 N–H and O–H groups in total. The molecule has 1 aromatic heterocycles. The lowest BCUT2D eigenvalue weighted by atomic mass is 10.0. The predicted molar refractivity (Wildman–Crippen MR) is 129 cm³/mol. The highest BCUT2D eigenvalue weighted by atomic mass is 32.1. The van der Waals surface area contributed by atoms with E-state index >= 15 is 0 Å². The minimum Gasteiger partial charge on any atom is -0.342 e. The molecule has 6 nitrogen and oxygen atoms in total. The molecule has 0 aliphatic carbocycles. The van der Waals surface area contributed by atoms with Gasteiger partial charge in [0.15, 0.2) is 0 Å². The van der Waals surface area contributed by atoms with E-state index in [4.69, 9.17) is 0 Å². The number of nitro benzene ring substituents is 1. The average Bonchev–Trinajstić information content (AvgIpc) is 3.37. The SMILES string of the molecule is O=C1c2cc([N+](=O)[O-])ccc2N(Cc2ccccc2)[C@@H](c2cccs2)N1Cc1ccccc1. The van der Waals surface area contributed by atoms with Crippen LogP contribution in [0.4, 0.5) is 11.4 Å². The summed E-state index contributed by atoms with van der Waals surface area (Å²) in [5.41, 5.74) is 3.07. The van der Waals surface area contributed by atoms with E-state index < -0.39 is 4.92 Å². The Kier molecular flexibility index (Phi) is 5.62. The molecule has 1 atom stereocenters. The van der Waals surface area contributed by atoms with E-state index in [0.29, 0.717) is 24.3 Å². The third kappa shape index (κ3) is 4.10. The fourth-order valence-electron chi connectivity index (χ4n) is 4.26. The Hall–Kier alpha value is -3.97. The predicted octanol–water partition coefficient (Wildman–Crippen LogP) is 6.02. The van der Waals surface area contributed by atoms with Crippen LogP contribution in [-0.2, 0) is 13.1 Å². The average molecular weight is 456 g/mol. The molecule has 3 aromatic carbocycles. The third-order valence-electron chi connectivity index (χ3n) is 5.77. The summed E-state index contributed by atoms with van der Waals surface area (Å²) in [5.74, 6) is -0.208. The number of nitro groups is 1. The van der Waals surface area contributed by atoms with Crippen LogP contribution in [0.2, 0.25) is 0 Å². The number of carbonyl (C=O) groups excluding carboxylic acids is 1. The van der Waals surface area contributed by atoms with Crippen molar-refractivity contribution >= 4 is 28.6 Å². The van der Waals surface area contributed by atoms with Crippen molar-refractivity contribution in [2.45, 2.75) is 19.3 Å². The fraction of sp³-hybridized carbons (Fsp3) is 0.115. The van der Waals surface area contributed by atoms with Crippen molar-refractivity contribution in [3.05, 3.63) is 128 Å². The number of fused-ring (bicyclic) bond motifs is 1. The number of thiophene rings is 1. The molecule has 1 aliphatic heterocycles. The second-order valence-corrected chi connectivity index (χ2v) is 8.86. The van der Waals surface area contributed by atoms with Crippen LogP contribution in [0, 0.1) is 10.1 Å². The minimum absolute atomic E-state index is 0.0870. The molecule has 0 bridgehead atoms. The van der Waals surface area contributed by atoms with E-state index in [2.05, 4.69) is 17.0 Å². The lowest BCUT2D eigenvalue weighted by molar-refractivity contribution is -0.384.